The molecule has 5 heteroatoms. The van der Waals surface area contributed by atoms with Crippen molar-refractivity contribution >= 4 is 0 Å². The van der Waals surface area contributed by atoms with E-state index in [1.165, 1.54) is 5.56 Å². The van der Waals surface area contributed by atoms with Gasteiger partial charge in [-0.15, -0.1) is 0 Å². The first kappa shape index (κ1) is 14.2. The number of alkyl halides is 3. The van der Waals surface area contributed by atoms with Crippen LogP contribution < -0.4 is 10.1 Å². The molecule has 106 valence electrons. The van der Waals surface area contributed by atoms with E-state index in [0.29, 0.717) is 19.5 Å². The molecule has 1 heterocycles. The van der Waals surface area contributed by atoms with Gasteiger partial charge in [-0.05, 0) is 36.6 Å². The van der Waals surface area contributed by atoms with Crippen molar-refractivity contribution in [2.45, 2.75) is 38.4 Å². The summed E-state index contributed by atoms with van der Waals surface area (Å²) in [5.74, 6) is 0.953. The molecular weight excluding hydrogens is 255 g/mol. The fourth-order valence-electron chi connectivity index (χ4n) is 2.16. The number of fused-ring (bicyclic) bond motifs is 1. The second-order valence-corrected chi connectivity index (χ2v) is 4.79. The molecule has 19 heavy (non-hydrogen) atoms. The quantitative estimate of drug-likeness (QED) is 0.802. The molecule has 0 radical (unpaired) electrons. The molecule has 0 spiro atoms. The minimum atomic E-state index is -4.03. The maximum absolute atomic E-state index is 11.9. The van der Waals surface area contributed by atoms with Crippen LogP contribution in [-0.2, 0) is 13.0 Å². The summed E-state index contributed by atoms with van der Waals surface area (Å²) in [6.07, 6.45) is -3.04. The van der Waals surface area contributed by atoms with E-state index < -0.39 is 12.6 Å². The third kappa shape index (κ3) is 4.74. The standard InChI is InChI=1S/C14H18F3NO/c15-14(16,17)6-1-2-7-18-10-11-3-4-13-12(9-11)5-8-19-13/h3-4,9,18H,1-2,5-8,10H2. The molecule has 0 unspecified atom stereocenters. The first-order chi connectivity index (χ1) is 9.04. The highest BCUT2D eigenvalue weighted by molar-refractivity contribution is 5.39. The van der Waals surface area contributed by atoms with Crippen LogP contribution in [0.2, 0.25) is 0 Å². The number of unbranched alkanes of at least 4 members (excludes halogenated alkanes) is 1. The van der Waals surface area contributed by atoms with Gasteiger partial charge in [-0.2, -0.15) is 13.2 Å². The van der Waals surface area contributed by atoms with Crippen LogP contribution in [-0.4, -0.2) is 19.3 Å². The van der Waals surface area contributed by atoms with Crippen molar-refractivity contribution in [1.82, 2.24) is 5.32 Å². The van der Waals surface area contributed by atoms with Gasteiger partial charge in [0.25, 0.3) is 0 Å². The van der Waals surface area contributed by atoms with E-state index in [2.05, 4.69) is 11.4 Å². The number of nitrogens with one attached hydrogen (secondary N) is 1. The van der Waals surface area contributed by atoms with Crippen LogP contribution in [0.5, 0.6) is 5.75 Å². The van der Waals surface area contributed by atoms with Crippen LogP contribution >= 0.6 is 0 Å². The average molecular weight is 273 g/mol. The van der Waals surface area contributed by atoms with Gasteiger partial charge in [0.15, 0.2) is 0 Å². The maximum Gasteiger partial charge on any atom is 0.389 e. The molecule has 0 aromatic heterocycles. The lowest BCUT2D eigenvalue weighted by Crippen LogP contribution is -2.16. The van der Waals surface area contributed by atoms with Crippen LogP contribution in [0.25, 0.3) is 0 Å². The van der Waals surface area contributed by atoms with E-state index in [1.807, 2.05) is 12.1 Å². The zero-order valence-electron chi connectivity index (χ0n) is 10.7. The summed E-state index contributed by atoms with van der Waals surface area (Å²) in [5.41, 5.74) is 2.37. The van der Waals surface area contributed by atoms with Gasteiger partial charge < -0.3 is 10.1 Å². The van der Waals surface area contributed by atoms with Crippen molar-refractivity contribution < 1.29 is 17.9 Å². The lowest BCUT2D eigenvalue weighted by atomic mass is 10.1. The van der Waals surface area contributed by atoms with Crippen molar-refractivity contribution in [1.29, 1.82) is 0 Å². The van der Waals surface area contributed by atoms with Crippen molar-refractivity contribution in [3.8, 4) is 5.75 Å². The SMILES string of the molecule is FC(F)(F)CCCCNCc1ccc2c(c1)CCO2. The lowest BCUT2D eigenvalue weighted by molar-refractivity contribution is -0.135. The van der Waals surface area contributed by atoms with Crippen molar-refractivity contribution in [3.63, 3.8) is 0 Å². The Labute approximate surface area is 111 Å². The van der Waals surface area contributed by atoms with Gasteiger partial charge in [0.05, 0.1) is 6.61 Å². The van der Waals surface area contributed by atoms with E-state index in [1.54, 1.807) is 0 Å². The first-order valence-electron chi connectivity index (χ1n) is 6.57. The number of hydrogen-bond donors (Lipinski definition) is 1. The second kappa shape index (κ2) is 6.28. The molecule has 0 saturated heterocycles. The Morgan fingerprint density at radius 1 is 1.21 bits per heavy atom. The van der Waals surface area contributed by atoms with E-state index in [4.69, 9.17) is 4.74 Å². The molecule has 0 bridgehead atoms. The topological polar surface area (TPSA) is 21.3 Å². The molecule has 0 atom stereocenters. The third-order valence-corrected chi connectivity index (χ3v) is 3.15. The van der Waals surface area contributed by atoms with Gasteiger partial charge in [-0.3, -0.25) is 0 Å². The molecule has 1 aromatic rings. The summed E-state index contributed by atoms with van der Waals surface area (Å²) in [7, 11) is 0. The van der Waals surface area contributed by atoms with Crippen molar-refractivity contribution in [2.24, 2.45) is 0 Å². The molecule has 1 aliphatic heterocycles. The van der Waals surface area contributed by atoms with Crippen LogP contribution in [0, 0.1) is 0 Å². The highest BCUT2D eigenvalue weighted by atomic mass is 19.4. The van der Waals surface area contributed by atoms with E-state index in [-0.39, 0.29) is 6.42 Å². The van der Waals surface area contributed by atoms with Gasteiger partial charge in [-0.1, -0.05) is 12.1 Å². The van der Waals surface area contributed by atoms with Gasteiger partial charge in [0.2, 0.25) is 0 Å². The largest absolute Gasteiger partial charge is 0.493 e. The summed E-state index contributed by atoms with van der Waals surface area (Å²) in [6, 6.07) is 6.06. The summed E-state index contributed by atoms with van der Waals surface area (Å²) >= 11 is 0. The Kier molecular flexibility index (Phi) is 4.69. The fourth-order valence-corrected chi connectivity index (χ4v) is 2.16. The fraction of sp³-hybridized carbons (Fsp3) is 0.571. The normalized spacial score (nSPS) is 14.3. The molecule has 2 rings (SSSR count). The molecule has 1 N–H and O–H groups in total. The summed E-state index contributed by atoms with van der Waals surface area (Å²) in [4.78, 5) is 0. The van der Waals surface area contributed by atoms with Crippen molar-refractivity contribution in [3.05, 3.63) is 29.3 Å². The zero-order chi connectivity index (χ0) is 13.7. The van der Waals surface area contributed by atoms with Crippen molar-refractivity contribution in [2.75, 3.05) is 13.2 Å². The lowest BCUT2D eigenvalue weighted by Gasteiger charge is -2.08. The van der Waals surface area contributed by atoms with Gasteiger partial charge in [-0.25, -0.2) is 0 Å². The predicted molar refractivity (Wildman–Crippen MR) is 67.3 cm³/mol. The third-order valence-electron chi connectivity index (χ3n) is 3.15. The Morgan fingerprint density at radius 3 is 2.84 bits per heavy atom. The monoisotopic (exact) mass is 273 g/mol. The predicted octanol–water partition coefficient (Wildman–Crippen LogP) is 3.44. The molecule has 0 amide bonds. The Balaban J connectivity index is 1.63. The molecule has 1 aromatic carbocycles. The van der Waals surface area contributed by atoms with E-state index >= 15 is 0 Å². The molecule has 0 aliphatic carbocycles. The smallest absolute Gasteiger partial charge is 0.389 e. The summed E-state index contributed by atoms with van der Waals surface area (Å²) in [6.45, 7) is 2.05. The highest BCUT2D eigenvalue weighted by Crippen LogP contribution is 2.25. The van der Waals surface area contributed by atoms with Crippen LogP contribution in [0.4, 0.5) is 13.2 Å². The molecular formula is C14H18F3NO. The van der Waals surface area contributed by atoms with Crippen LogP contribution in [0.15, 0.2) is 18.2 Å². The highest BCUT2D eigenvalue weighted by Gasteiger charge is 2.25. The number of rotatable bonds is 6. The first-order valence-corrected chi connectivity index (χ1v) is 6.57. The minimum absolute atomic E-state index is 0.189. The maximum atomic E-state index is 11.9. The van der Waals surface area contributed by atoms with E-state index in [9.17, 15) is 13.2 Å². The Bertz CT molecular complexity index is 418. The zero-order valence-corrected chi connectivity index (χ0v) is 10.7. The van der Waals surface area contributed by atoms with Gasteiger partial charge in [0.1, 0.15) is 5.75 Å². The molecule has 1 aliphatic rings. The summed E-state index contributed by atoms with van der Waals surface area (Å²) in [5, 5.41) is 3.17. The Morgan fingerprint density at radius 2 is 2.05 bits per heavy atom. The summed E-state index contributed by atoms with van der Waals surface area (Å²) < 4.78 is 41.2. The minimum Gasteiger partial charge on any atom is -0.493 e. The van der Waals surface area contributed by atoms with E-state index in [0.717, 1.165) is 24.3 Å². The number of hydrogen-bond acceptors (Lipinski definition) is 2. The molecule has 0 saturated carbocycles. The van der Waals surface area contributed by atoms with Gasteiger partial charge >= 0.3 is 6.18 Å². The molecule has 0 fully saturated rings. The Hall–Kier alpha value is -1.23. The number of benzene rings is 1. The second-order valence-electron chi connectivity index (χ2n) is 4.79. The average Bonchev–Trinajstić information content (AvgIpc) is 2.79. The van der Waals surface area contributed by atoms with Gasteiger partial charge in [0, 0.05) is 19.4 Å². The molecule has 2 nitrogen and oxygen atoms in total. The number of ether oxygens (including phenoxy) is 1. The number of halogens is 3. The van der Waals surface area contributed by atoms with Crippen LogP contribution in [0.3, 0.4) is 0 Å². The van der Waals surface area contributed by atoms with Crippen LogP contribution in [0.1, 0.15) is 30.4 Å².